The van der Waals surface area contributed by atoms with Gasteiger partial charge in [-0.1, -0.05) is 26.2 Å². The lowest BCUT2D eigenvalue weighted by atomic mass is 10.1. The van der Waals surface area contributed by atoms with Gasteiger partial charge in [-0.05, 0) is 33.7 Å². The molecule has 2 heteroatoms. The first-order valence-corrected chi connectivity index (χ1v) is 5.97. The number of rotatable bonds is 9. The standard InChI is InChI=1S/C12H27NO/c1-5-7-8-9-10-13-11-12(3,4)14-6-2/h13H,5-11H2,1-4H3. The first-order valence-electron chi connectivity index (χ1n) is 5.97. The van der Waals surface area contributed by atoms with Crippen molar-refractivity contribution in [2.75, 3.05) is 19.7 Å². The van der Waals surface area contributed by atoms with Crippen LogP contribution in [-0.2, 0) is 4.74 Å². The van der Waals surface area contributed by atoms with Gasteiger partial charge < -0.3 is 10.1 Å². The first-order chi connectivity index (χ1) is 6.62. The minimum absolute atomic E-state index is 0.0144. The molecule has 14 heavy (non-hydrogen) atoms. The Morgan fingerprint density at radius 3 is 2.36 bits per heavy atom. The van der Waals surface area contributed by atoms with Crippen molar-refractivity contribution >= 4 is 0 Å². The zero-order valence-electron chi connectivity index (χ0n) is 10.4. The van der Waals surface area contributed by atoms with Gasteiger partial charge in [-0.3, -0.25) is 0 Å². The van der Waals surface area contributed by atoms with Crippen LogP contribution >= 0.6 is 0 Å². The van der Waals surface area contributed by atoms with Crippen LogP contribution in [0.1, 0.15) is 53.4 Å². The van der Waals surface area contributed by atoms with E-state index in [0.717, 1.165) is 19.7 Å². The van der Waals surface area contributed by atoms with Crippen molar-refractivity contribution in [3.8, 4) is 0 Å². The predicted molar refractivity (Wildman–Crippen MR) is 62.7 cm³/mol. The lowest BCUT2D eigenvalue weighted by Crippen LogP contribution is -2.38. The Kier molecular flexibility index (Phi) is 8.20. The molecule has 0 saturated heterocycles. The van der Waals surface area contributed by atoms with Crippen molar-refractivity contribution in [2.45, 2.75) is 59.0 Å². The van der Waals surface area contributed by atoms with E-state index < -0.39 is 0 Å². The molecule has 0 unspecified atom stereocenters. The van der Waals surface area contributed by atoms with Gasteiger partial charge in [-0.15, -0.1) is 0 Å². The van der Waals surface area contributed by atoms with Crippen LogP contribution in [0.4, 0.5) is 0 Å². The monoisotopic (exact) mass is 201 g/mol. The Morgan fingerprint density at radius 1 is 1.07 bits per heavy atom. The number of hydrogen-bond acceptors (Lipinski definition) is 2. The lowest BCUT2D eigenvalue weighted by Gasteiger charge is -2.25. The molecule has 0 rings (SSSR count). The molecule has 0 atom stereocenters. The van der Waals surface area contributed by atoms with E-state index in [1.54, 1.807) is 0 Å². The molecule has 86 valence electrons. The fourth-order valence-corrected chi connectivity index (χ4v) is 1.51. The average molecular weight is 201 g/mol. The molecule has 1 N–H and O–H groups in total. The van der Waals surface area contributed by atoms with E-state index >= 15 is 0 Å². The van der Waals surface area contributed by atoms with E-state index in [0.29, 0.717) is 0 Å². The predicted octanol–water partition coefficient (Wildman–Crippen LogP) is 2.97. The molecule has 0 aromatic heterocycles. The Balaban J connectivity index is 3.26. The summed E-state index contributed by atoms with van der Waals surface area (Å²) < 4.78 is 5.59. The molecule has 2 nitrogen and oxygen atoms in total. The summed E-state index contributed by atoms with van der Waals surface area (Å²) in [6.45, 7) is 11.4. The highest BCUT2D eigenvalue weighted by molar-refractivity contribution is 4.71. The quantitative estimate of drug-likeness (QED) is 0.579. The number of unbranched alkanes of at least 4 members (excludes halogenated alkanes) is 3. The summed E-state index contributed by atoms with van der Waals surface area (Å²) in [6.07, 6.45) is 5.30. The molecule has 0 aliphatic heterocycles. The van der Waals surface area contributed by atoms with Crippen LogP contribution in [-0.4, -0.2) is 25.3 Å². The van der Waals surface area contributed by atoms with Gasteiger partial charge in [0.05, 0.1) is 5.60 Å². The Labute approximate surface area is 89.4 Å². The van der Waals surface area contributed by atoms with Crippen LogP contribution < -0.4 is 5.32 Å². The van der Waals surface area contributed by atoms with Crippen LogP contribution in [0.2, 0.25) is 0 Å². The summed E-state index contributed by atoms with van der Waals surface area (Å²) in [4.78, 5) is 0. The zero-order valence-corrected chi connectivity index (χ0v) is 10.4. The van der Waals surface area contributed by atoms with Crippen molar-refractivity contribution < 1.29 is 4.74 Å². The van der Waals surface area contributed by atoms with E-state index in [2.05, 4.69) is 26.1 Å². The van der Waals surface area contributed by atoms with Crippen LogP contribution in [0.3, 0.4) is 0 Å². The van der Waals surface area contributed by atoms with Crippen molar-refractivity contribution in [2.24, 2.45) is 0 Å². The topological polar surface area (TPSA) is 21.3 Å². The summed E-state index contributed by atoms with van der Waals surface area (Å²) in [6, 6.07) is 0. The van der Waals surface area contributed by atoms with E-state index in [1.165, 1.54) is 25.7 Å². The van der Waals surface area contributed by atoms with Crippen LogP contribution in [0.5, 0.6) is 0 Å². The van der Waals surface area contributed by atoms with Gasteiger partial charge in [0.2, 0.25) is 0 Å². The average Bonchev–Trinajstić information content (AvgIpc) is 2.11. The largest absolute Gasteiger partial charge is 0.375 e. The summed E-state index contributed by atoms with van der Waals surface area (Å²) in [5.41, 5.74) is -0.0144. The second-order valence-electron chi connectivity index (χ2n) is 4.43. The van der Waals surface area contributed by atoms with Gasteiger partial charge in [0, 0.05) is 13.2 Å². The zero-order chi connectivity index (χ0) is 10.9. The van der Waals surface area contributed by atoms with Gasteiger partial charge >= 0.3 is 0 Å². The third-order valence-electron chi connectivity index (χ3n) is 2.29. The van der Waals surface area contributed by atoms with E-state index in [9.17, 15) is 0 Å². The van der Waals surface area contributed by atoms with Crippen LogP contribution in [0.15, 0.2) is 0 Å². The minimum atomic E-state index is -0.0144. The molecule has 0 spiro atoms. The van der Waals surface area contributed by atoms with Gasteiger partial charge in [0.1, 0.15) is 0 Å². The second kappa shape index (κ2) is 8.25. The molecule has 0 aromatic rings. The van der Waals surface area contributed by atoms with Gasteiger partial charge in [0.15, 0.2) is 0 Å². The highest BCUT2D eigenvalue weighted by Gasteiger charge is 2.15. The maximum atomic E-state index is 5.59. The maximum Gasteiger partial charge on any atom is 0.0750 e. The fourth-order valence-electron chi connectivity index (χ4n) is 1.51. The highest BCUT2D eigenvalue weighted by atomic mass is 16.5. The van der Waals surface area contributed by atoms with Gasteiger partial charge in [-0.25, -0.2) is 0 Å². The molecule has 0 aromatic carbocycles. The van der Waals surface area contributed by atoms with Gasteiger partial charge in [0.25, 0.3) is 0 Å². The van der Waals surface area contributed by atoms with Gasteiger partial charge in [-0.2, -0.15) is 0 Å². The molecular formula is C12H27NO. The summed E-state index contributed by atoms with van der Waals surface area (Å²) in [5.74, 6) is 0. The Bertz CT molecular complexity index is 123. The maximum absolute atomic E-state index is 5.59. The molecule has 0 heterocycles. The van der Waals surface area contributed by atoms with Crippen molar-refractivity contribution in [3.63, 3.8) is 0 Å². The number of hydrogen-bond donors (Lipinski definition) is 1. The van der Waals surface area contributed by atoms with E-state index in [-0.39, 0.29) is 5.60 Å². The van der Waals surface area contributed by atoms with Crippen LogP contribution in [0, 0.1) is 0 Å². The van der Waals surface area contributed by atoms with E-state index in [4.69, 9.17) is 4.74 Å². The minimum Gasteiger partial charge on any atom is -0.375 e. The van der Waals surface area contributed by atoms with Crippen molar-refractivity contribution in [3.05, 3.63) is 0 Å². The Morgan fingerprint density at radius 2 is 1.79 bits per heavy atom. The second-order valence-corrected chi connectivity index (χ2v) is 4.43. The van der Waals surface area contributed by atoms with Crippen molar-refractivity contribution in [1.82, 2.24) is 5.32 Å². The third kappa shape index (κ3) is 8.52. The molecule has 0 fully saturated rings. The number of nitrogens with one attached hydrogen (secondary N) is 1. The number of ether oxygens (including phenoxy) is 1. The summed E-state index contributed by atoms with van der Waals surface area (Å²) in [7, 11) is 0. The fraction of sp³-hybridized carbons (Fsp3) is 1.00. The van der Waals surface area contributed by atoms with Crippen LogP contribution in [0.25, 0.3) is 0 Å². The smallest absolute Gasteiger partial charge is 0.0750 e. The summed E-state index contributed by atoms with van der Waals surface area (Å²) in [5, 5.41) is 3.44. The SMILES string of the molecule is CCCCCCNCC(C)(C)OCC. The molecule has 0 radical (unpaired) electrons. The Hall–Kier alpha value is -0.0800. The van der Waals surface area contributed by atoms with Crippen molar-refractivity contribution in [1.29, 1.82) is 0 Å². The van der Waals surface area contributed by atoms with E-state index in [1.807, 2.05) is 6.92 Å². The third-order valence-corrected chi connectivity index (χ3v) is 2.29. The molecule has 0 saturated carbocycles. The highest BCUT2D eigenvalue weighted by Crippen LogP contribution is 2.06. The molecular weight excluding hydrogens is 174 g/mol. The lowest BCUT2D eigenvalue weighted by molar-refractivity contribution is -0.00867. The molecule has 0 amide bonds. The molecule has 0 aliphatic carbocycles. The molecule has 0 aliphatic rings. The summed E-state index contributed by atoms with van der Waals surface area (Å²) >= 11 is 0. The molecule has 0 bridgehead atoms. The normalized spacial score (nSPS) is 12.0. The first kappa shape index (κ1) is 13.9.